The molecule has 0 bridgehead atoms. The maximum Gasteiger partial charge on any atom is 0.325 e. The highest BCUT2D eigenvalue weighted by Gasteiger charge is 2.29. The number of aliphatic carboxylic acids is 1. The molecule has 1 heterocycles. The Morgan fingerprint density at radius 1 is 1.32 bits per heavy atom. The Kier molecular flexibility index (Phi) is 6.15. The van der Waals surface area contributed by atoms with Crippen molar-refractivity contribution in [3.63, 3.8) is 0 Å². The Hall–Kier alpha value is -1.97. The van der Waals surface area contributed by atoms with Crippen LogP contribution in [0.3, 0.4) is 0 Å². The van der Waals surface area contributed by atoms with E-state index in [2.05, 4.69) is 5.32 Å². The lowest BCUT2D eigenvalue weighted by atomic mass is 10.1. The number of sulfonamides is 1. The van der Waals surface area contributed by atoms with Gasteiger partial charge < -0.3 is 15.2 Å². The van der Waals surface area contributed by atoms with Crippen LogP contribution in [-0.2, 0) is 26.0 Å². The molecule has 0 unspecified atom stereocenters. The molecule has 1 amide bonds. The average molecular weight is 370 g/mol. The van der Waals surface area contributed by atoms with Crippen molar-refractivity contribution in [2.45, 2.75) is 31.2 Å². The van der Waals surface area contributed by atoms with Gasteiger partial charge in [-0.2, -0.15) is 4.31 Å². The van der Waals surface area contributed by atoms with E-state index in [1.807, 2.05) is 6.92 Å². The van der Waals surface area contributed by atoms with Crippen molar-refractivity contribution in [1.82, 2.24) is 9.62 Å². The van der Waals surface area contributed by atoms with Crippen LogP contribution >= 0.6 is 0 Å². The van der Waals surface area contributed by atoms with Crippen molar-refractivity contribution in [2.75, 3.05) is 26.3 Å². The lowest BCUT2D eigenvalue weighted by Crippen LogP contribution is -2.41. The summed E-state index contributed by atoms with van der Waals surface area (Å²) in [4.78, 5) is 23.2. The maximum absolute atomic E-state index is 12.9. The van der Waals surface area contributed by atoms with E-state index < -0.39 is 27.9 Å². The second-order valence-electron chi connectivity index (χ2n) is 5.73. The summed E-state index contributed by atoms with van der Waals surface area (Å²) in [6.45, 7) is 4.36. The van der Waals surface area contributed by atoms with Gasteiger partial charge in [0, 0.05) is 18.7 Å². The molecular formula is C16H22N2O6S. The molecule has 1 aromatic carbocycles. The fourth-order valence-corrected chi connectivity index (χ4v) is 4.22. The number of hydrogen-bond donors (Lipinski definition) is 2. The van der Waals surface area contributed by atoms with Gasteiger partial charge in [-0.25, -0.2) is 8.42 Å². The van der Waals surface area contributed by atoms with Crippen LogP contribution in [-0.4, -0.2) is 62.1 Å². The maximum atomic E-state index is 12.9. The Morgan fingerprint density at radius 2 is 1.96 bits per heavy atom. The quantitative estimate of drug-likeness (QED) is 0.753. The van der Waals surface area contributed by atoms with Gasteiger partial charge in [-0.15, -0.1) is 0 Å². The van der Waals surface area contributed by atoms with Crippen LogP contribution in [0.2, 0.25) is 0 Å². The van der Waals surface area contributed by atoms with Crippen molar-refractivity contribution < 1.29 is 27.9 Å². The molecule has 1 aliphatic heterocycles. The van der Waals surface area contributed by atoms with Crippen LogP contribution in [0.4, 0.5) is 0 Å². The molecule has 2 rings (SSSR count). The minimum Gasteiger partial charge on any atom is -0.480 e. The van der Waals surface area contributed by atoms with Gasteiger partial charge in [0.05, 0.1) is 18.1 Å². The standard InChI is InChI=1S/C16H22N2O6S/c1-3-12-4-5-13(15(19)17-11(2)16(20)21)10-14(12)25(22,23)18-6-8-24-9-7-18/h4-5,10-11H,3,6-9H2,1-2H3,(H,17,19)(H,20,21)/t11-/m0/s1. The predicted octanol–water partition coefficient (Wildman–Crippen LogP) is 0.473. The molecule has 0 radical (unpaired) electrons. The van der Waals surface area contributed by atoms with Crippen LogP contribution in [0.15, 0.2) is 23.1 Å². The molecule has 0 spiro atoms. The average Bonchev–Trinajstić information content (AvgIpc) is 2.61. The SMILES string of the molecule is CCc1ccc(C(=O)N[C@@H](C)C(=O)O)cc1S(=O)(=O)N1CCOCC1. The highest BCUT2D eigenvalue weighted by atomic mass is 32.2. The predicted molar refractivity (Wildman–Crippen MR) is 90.0 cm³/mol. The zero-order chi connectivity index (χ0) is 18.6. The number of carboxylic acids is 1. The van der Waals surface area contributed by atoms with E-state index in [0.29, 0.717) is 25.2 Å². The zero-order valence-corrected chi connectivity index (χ0v) is 15.0. The number of carbonyl (C=O) groups is 2. The molecule has 1 fully saturated rings. The Bertz CT molecular complexity index is 756. The van der Waals surface area contributed by atoms with E-state index in [4.69, 9.17) is 9.84 Å². The smallest absolute Gasteiger partial charge is 0.325 e. The van der Waals surface area contributed by atoms with Gasteiger partial charge in [0.2, 0.25) is 10.0 Å². The number of nitrogens with zero attached hydrogens (tertiary/aromatic N) is 1. The third-order valence-electron chi connectivity index (χ3n) is 4.02. The summed E-state index contributed by atoms with van der Waals surface area (Å²) >= 11 is 0. The summed E-state index contributed by atoms with van der Waals surface area (Å²) < 4.78 is 32.4. The molecule has 1 atom stereocenters. The number of morpholine rings is 1. The van der Waals surface area contributed by atoms with Crippen LogP contribution in [0, 0.1) is 0 Å². The summed E-state index contributed by atoms with van der Waals surface area (Å²) in [5, 5.41) is 11.2. The van der Waals surface area contributed by atoms with Crippen LogP contribution in [0.5, 0.6) is 0 Å². The number of nitrogens with one attached hydrogen (secondary N) is 1. The van der Waals surface area contributed by atoms with Crippen molar-refractivity contribution in [1.29, 1.82) is 0 Å². The number of benzene rings is 1. The van der Waals surface area contributed by atoms with Gasteiger partial charge in [0.15, 0.2) is 0 Å². The van der Waals surface area contributed by atoms with Crippen molar-refractivity contribution in [2.24, 2.45) is 0 Å². The van der Waals surface area contributed by atoms with E-state index in [1.165, 1.54) is 23.4 Å². The van der Waals surface area contributed by atoms with E-state index >= 15 is 0 Å². The summed E-state index contributed by atoms with van der Waals surface area (Å²) in [6.07, 6.45) is 0.492. The molecule has 1 aromatic rings. The highest BCUT2D eigenvalue weighted by molar-refractivity contribution is 7.89. The van der Waals surface area contributed by atoms with Gasteiger partial charge in [-0.05, 0) is 31.0 Å². The summed E-state index contributed by atoms with van der Waals surface area (Å²) in [5.41, 5.74) is 0.714. The van der Waals surface area contributed by atoms with Crippen LogP contribution in [0.1, 0.15) is 29.8 Å². The number of hydrogen-bond acceptors (Lipinski definition) is 5. The van der Waals surface area contributed by atoms with Crippen molar-refractivity contribution in [3.8, 4) is 0 Å². The second-order valence-corrected chi connectivity index (χ2v) is 7.63. The summed E-state index contributed by atoms with van der Waals surface area (Å²) in [7, 11) is -3.75. The van der Waals surface area contributed by atoms with Gasteiger partial charge in [0.1, 0.15) is 6.04 Å². The van der Waals surface area contributed by atoms with E-state index in [9.17, 15) is 18.0 Å². The lowest BCUT2D eigenvalue weighted by Gasteiger charge is -2.27. The highest BCUT2D eigenvalue weighted by Crippen LogP contribution is 2.23. The number of ether oxygens (including phenoxy) is 1. The number of amides is 1. The van der Waals surface area contributed by atoms with Gasteiger partial charge in [-0.3, -0.25) is 9.59 Å². The van der Waals surface area contributed by atoms with Gasteiger partial charge in [-0.1, -0.05) is 13.0 Å². The molecule has 0 aliphatic carbocycles. The first-order valence-corrected chi connectivity index (χ1v) is 9.46. The fourth-order valence-electron chi connectivity index (χ4n) is 2.50. The number of rotatable bonds is 6. The summed E-state index contributed by atoms with van der Waals surface area (Å²) in [5.74, 6) is -1.80. The van der Waals surface area contributed by atoms with Crippen LogP contribution in [0.25, 0.3) is 0 Å². The number of carboxylic acid groups (broad SMARTS) is 1. The van der Waals surface area contributed by atoms with Crippen LogP contribution < -0.4 is 5.32 Å². The van der Waals surface area contributed by atoms with E-state index in [-0.39, 0.29) is 23.5 Å². The molecular weight excluding hydrogens is 348 g/mol. The second kappa shape index (κ2) is 7.94. The topological polar surface area (TPSA) is 113 Å². The van der Waals surface area contributed by atoms with Gasteiger partial charge in [0.25, 0.3) is 5.91 Å². The minimum absolute atomic E-state index is 0.0764. The van der Waals surface area contributed by atoms with E-state index in [0.717, 1.165) is 0 Å². The first-order chi connectivity index (χ1) is 11.8. The summed E-state index contributed by atoms with van der Waals surface area (Å²) in [6, 6.07) is 3.33. The van der Waals surface area contributed by atoms with Crippen molar-refractivity contribution >= 4 is 21.9 Å². The number of carbonyl (C=O) groups excluding carboxylic acids is 1. The monoisotopic (exact) mass is 370 g/mol. The zero-order valence-electron chi connectivity index (χ0n) is 14.2. The molecule has 9 heteroatoms. The van der Waals surface area contributed by atoms with Gasteiger partial charge >= 0.3 is 5.97 Å². The Morgan fingerprint density at radius 3 is 2.52 bits per heavy atom. The minimum atomic E-state index is -3.75. The molecule has 138 valence electrons. The Balaban J connectivity index is 2.36. The lowest BCUT2D eigenvalue weighted by molar-refractivity contribution is -0.138. The molecule has 0 aromatic heterocycles. The Labute approximate surface area is 146 Å². The molecule has 2 N–H and O–H groups in total. The fraction of sp³-hybridized carbons (Fsp3) is 0.500. The largest absolute Gasteiger partial charge is 0.480 e. The van der Waals surface area contributed by atoms with E-state index in [1.54, 1.807) is 6.07 Å². The molecule has 8 nitrogen and oxygen atoms in total. The first kappa shape index (κ1) is 19.4. The molecule has 1 saturated heterocycles. The third kappa shape index (κ3) is 4.36. The number of aryl methyl sites for hydroxylation is 1. The van der Waals surface area contributed by atoms with Crippen molar-refractivity contribution in [3.05, 3.63) is 29.3 Å². The molecule has 1 aliphatic rings. The molecule has 0 saturated carbocycles. The molecule has 25 heavy (non-hydrogen) atoms. The first-order valence-electron chi connectivity index (χ1n) is 8.02. The normalized spacial score (nSPS) is 17.0. The third-order valence-corrected chi connectivity index (χ3v) is 6.00.